The zero-order chi connectivity index (χ0) is 17.5. The van der Waals surface area contributed by atoms with Crippen LogP contribution in [0.25, 0.3) is 0 Å². The first-order valence-electron chi connectivity index (χ1n) is 8.93. The van der Waals surface area contributed by atoms with Gasteiger partial charge in [0.05, 0.1) is 5.56 Å². The summed E-state index contributed by atoms with van der Waals surface area (Å²) in [5.74, 6) is 0.786. The number of aliphatic hydroxyl groups excluding tert-OH is 1. The monoisotopic (exact) mass is 339 g/mol. The molecule has 2 aromatic rings. The largest absolute Gasteiger partial charge is 0.488 e. The van der Waals surface area contributed by atoms with Crippen molar-refractivity contribution in [2.75, 3.05) is 6.61 Å². The average Bonchev–Trinajstić information content (AvgIpc) is 2.67. The lowest BCUT2D eigenvalue weighted by Crippen LogP contribution is -2.39. The third kappa shape index (κ3) is 4.83. The average molecular weight is 339 g/mol. The molecule has 4 heteroatoms. The number of ether oxygens (including phenoxy) is 1. The number of aliphatic hydroxyl groups is 1. The Balaban J connectivity index is 1.64. The fraction of sp³-hybridized carbons (Fsp3) is 0.381. The van der Waals surface area contributed by atoms with Crippen molar-refractivity contribution in [3.05, 3.63) is 65.7 Å². The Hall–Kier alpha value is -2.33. The number of carbonyl (C=O) groups is 1. The molecule has 4 nitrogen and oxygen atoms in total. The minimum atomic E-state index is -0.104. The number of nitrogens with one attached hydrogen (secondary N) is 1. The van der Waals surface area contributed by atoms with Crippen molar-refractivity contribution in [1.82, 2.24) is 5.32 Å². The predicted octanol–water partition coefficient (Wildman–Crippen LogP) is 3.55. The predicted molar refractivity (Wildman–Crippen MR) is 97.5 cm³/mol. The van der Waals surface area contributed by atoms with Gasteiger partial charge < -0.3 is 15.2 Å². The molecule has 132 valence electrons. The van der Waals surface area contributed by atoms with Crippen LogP contribution < -0.4 is 10.1 Å². The highest BCUT2D eigenvalue weighted by atomic mass is 16.5. The van der Waals surface area contributed by atoms with Crippen LogP contribution in [0.15, 0.2) is 54.6 Å². The summed E-state index contributed by atoms with van der Waals surface area (Å²) in [6.07, 6.45) is 3.90. The van der Waals surface area contributed by atoms with Crippen LogP contribution in [0.4, 0.5) is 0 Å². The SMILES string of the molecule is O=C(N[C@@H]1CCC[C@@H](CO)C1)c1ccccc1OCc1ccccc1. The Labute approximate surface area is 148 Å². The van der Waals surface area contributed by atoms with E-state index in [2.05, 4.69) is 5.32 Å². The van der Waals surface area contributed by atoms with Crippen LogP contribution in [0.2, 0.25) is 0 Å². The fourth-order valence-electron chi connectivity index (χ4n) is 3.37. The summed E-state index contributed by atoms with van der Waals surface area (Å²) in [7, 11) is 0. The molecule has 0 heterocycles. The van der Waals surface area contributed by atoms with Crippen LogP contribution in [0.5, 0.6) is 5.75 Å². The third-order valence-electron chi connectivity index (χ3n) is 4.75. The van der Waals surface area contributed by atoms with Crippen LogP contribution in [0, 0.1) is 5.92 Å². The van der Waals surface area contributed by atoms with Crippen LogP contribution in [0.3, 0.4) is 0 Å². The zero-order valence-corrected chi connectivity index (χ0v) is 14.4. The second kappa shape index (κ2) is 8.67. The smallest absolute Gasteiger partial charge is 0.255 e. The van der Waals surface area contributed by atoms with E-state index in [1.165, 1.54) is 0 Å². The number of rotatable bonds is 6. The van der Waals surface area contributed by atoms with Gasteiger partial charge in [-0.2, -0.15) is 0 Å². The summed E-state index contributed by atoms with van der Waals surface area (Å²) in [5, 5.41) is 12.5. The highest BCUT2D eigenvalue weighted by Gasteiger charge is 2.24. The van der Waals surface area contributed by atoms with Gasteiger partial charge in [-0.25, -0.2) is 0 Å². The zero-order valence-electron chi connectivity index (χ0n) is 14.4. The van der Waals surface area contributed by atoms with E-state index in [0.717, 1.165) is 31.2 Å². The molecule has 1 amide bonds. The van der Waals surface area contributed by atoms with Crippen molar-refractivity contribution in [3.63, 3.8) is 0 Å². The summed E-state index contributed by atoms with van der Waals surface area (Å²) in [4.78, 5) is 12.7. The van der Waals surface area contributed by atoms with Crippen LogP contribution in [-0.2, 0) is 6.61 Å². The number of amides is 1. The molecular weight excluding hydrogens is 314 g/mol. The number of hydrogen-bond acceptors (Lipinski definition) is 3. The van der Waals surface area contributed by atoms with Crippen LogP contribution in [-0.4, -0.2) is 23.7 Å². The molecule has 1 aliphatic rings. The molecule has 1 fully saturated rings. The van der Waals surface area contributed by atoms with Gasteiger partial charge in [-0.3, -0.25) is 4.79 Å². The summed E-state index contributed by atoms with van der Waals surface area (Å²) < 4.78 is 5.87. The Morgan fingerprint density at radius 1 is 1.08 bits per heavy atom. The fourth-order valence-corrected chi connectivity index (χ4v) is 3.37. The summed E-state index contributed by atoms with van der Waals surface area (Å²) in [6, 6.07) is 17.4. The first-order chi connectivity index (χ1) is 12.3. The van der Waals surface area contributed by atoms with Gasteiger partial charge in [-0.15, -0.1) is 0 Å². The maximum Gasteiger partial charge on any atom is 0.255 e. The molecule has 1 saturated carbocycles. The highest BCUT2D eigenvalue weighted by Crippen LogP contribution is 2.25. The summed E-state index contributed by atoms with van der Waals surface area (Å²) in [5.41, 5.74) is 1.63. The molecule has 2 aromatic carbocycles. The molecule has 0 spiro atoms. The first kappa shape index (κ1) is 17.5. The van der Waals surface area contributed by atoms with Gasteiger partial charge in [0.1, 0.15) is 12.4 Å². The van der Waals surface area contributed by atoms with Crippen molar-refractivity contribution in [1.29, 1.82) is 0 Å². The van der Waals surface area contributed by atoms with Gasteiger partial charge in [0.15, 0.2) is 0 Å². The maximum atomic E-state index is 12.7. The normalized spacial score (nSPS) is 20.0. The molecule has 2 N–H and O–H groups in total. The summed E-state index contributed by atoms with van der Waals surface area (Å²) >= 11 is 0. The minimum Gasteiger partial charge on any atom is -0.488 e. The molecule has 0 radical (unpaired) electrons. The van der Waals surface area contributed by atoms with E-state index in [1.54, 1.807) is 6.07 Å². The van der Waals surface area contributed by atoms with E-state index in [0.29, 0.717) is 23.8 Å². The Morgan fingerprint density at radius 3 is 2.64 bits per heavy atom. The molecule has 2 atom stereocenters. The Morgan fingerprint density at radius 2 is 1.84 bits per heavy atom. The third-order valence-corrected chi connectivity index (χ3v) is 4.75. The molecular formula is C21H25NO3. The molecule has 0 aromatic heterocycles. The molecule has 0 aliphatic heterocycles. The van der Waals surface area contributed by atoms with E-state index >= 15 is 0 Å². The van der Waals surface area contributed by atoms with Gasteiger partial charge in [-0.1, -0.05) is 48.9 Å². The van der Waals surface area contributed by atoms with E-state index in [1.807, 2.05) is 48.5 Å². The van der Waals surface area contributed by atoms with Crippen molar-refractivity contribution in [3.8, 4) is 5.75 Å². The van der Waals surface area contributed by atoms with Crippen LogP contribution in [0.1, 0.15) is 41.6 Å². The highest BCUT2D eigenvalue weighted by molar-refractivity contribution is 5.97. The van der Waals surface area contributed by atoms with Crippen molar-refractivity contribution < 1.29 is 14.6 Å². The minimum absolute atomic E-state index is 0.104. The lowest BCUT2D eigenvalue weighted by Gasteiger charge is -2.28. The van der Waals surface area contributed by atoms with Gasteiger partial charge in [0.25, 0.3) is 5.91 Å². The lowest BCUT2D eigenvalue weighted by atomic mass is 9.86. The number of para-hydroxylation sites is 1. The molecule has 1 aliphatic carbocycles. The second-order valence-corrected chi connectivity index (χ2v) is 6.66. The van der Waals surface area contributed by atoms with Gasteiger partial charge in [0, 0.05) is 12.6 Å². The number of hydrogen-bond donors (Lipinski definition) is 2. The van der Waals surface area contributed by atoms with E-state index < -0.39 is 0 Å². The topological polar surface area (TPSA) is 58.6 Å². The van der Waals surface area contributed by atoms with Gasteiger partial charge in [-0.05, 0) is 42.9 Å². The quantitative estimate of drug-likeness (QED) is 0.846. The molecule has 3 rings (SSSR count). The molecule has 25 heavy (non-hydrogen) atoms. The van der Waals surface area contributed by atoms with Crippen molar-refractivity contribution in [2.24, 2.45) is 5.92 Å². The lowest BCUT2D eigenvalue weighted by molar-refractivity contribution is 0.0901. The van der Waals surface area contributed by atoms with Gasteiger partial charge in [0.2, 0.25) is 0 Å². The Bertz CT molecular complexity index is 687. The van der Waals surface area contributed by atoms with E-state index in [4.69, 9.17) is 4.74 Å². The number of benzene rings is 2. The first-order valence-corrected chi connectivity index (χ1v) is 8.93. The van der Waals surface area contributed by atoms with Crippen molar-refractivity contribution in [2.45, 2.75) is 38.3 Å². The van der Waals surface area contributed by atoms with E-state index in [-0.39, 0.29) is 18.6 Å². The summed E-state index contributed by atoms with van der Waals surface area (Å²) in [6.45, 7) is 0.629. The second-order valence-electron chi connectivity index (χ2n) is 6.66. The van der Waals surface area contributed by atoms with Crippen molar-refractivity contribution >= 4 is 5.91 Å². The number of carbonyl (C=O) groups excluding carboxylic acids is 1. The molecule has 0 saturated heterocycles. The molecule has 0 unspecified atom stereocenters. The standard InChI is InChI=1S/C21H25NO3/c23-14-17-9-6-10-18(13-17)22-21(24)19-11-4-5-12-20(19)25-15-16-7-2-1-3-8-16/h1-5,7-8,11-12,17-18,23H,6,9-10,13-15H2,(H,22,24)/t17-,18-/m1/s1. The Kier molecular flexibility index (Phi) is 6.07. The van der Waals surface area contributed by atoms with Gasteiger partial charge >= 0.3 is 0 Å². The maximum absolute atomic E-state index is 12.7. The van der Waals surface area contributed by atoms with E-state index in [9.17, 15) is 9.90 Å². The van der Waals surface area contributed by atoms with Crippen LogP contribution >= 0.6 is 0 Å². The molecule has 0 bridgehead atoms.